The quantitative estimate of drug-likeness (QED) is 0.320. The molecule has 4 nitrogen and oxygen atoms in total. The number of aryl methyl sites for hydroxylation is 1. The van der Waals surface area contributed by atoms with Crippen LogP contribution in [0.25, 0.3) is 11.1 Å². The summed E-state index contributed by atoms with van der Waals surface area (Å²) in [6.45, 7) is 4.13. The van der Waals surface area contributed by atoms with E-state index in [1.807, 2.05) is 25.1 Å². The van der Waals surface area contributed by atoms with E-state index in [9.17, 15) is 4.79 Å². The predicted octanol–water partition coefficient (Wildman–Crippen LogP) is 7.36. The third-order valence-corrected chi connectivity index (χ3v) is 6.56. The molecule has 0 N–H and O–H groups in total. The number of carbonyl (C=O) groups is 1. The van der Waals surface area contributed by atoms with E-state index in [4.69, 9.17) is 26.1 Å². The van der Waals surface area contributed by atoms with Crippen LogP contribution in [-0.4, -0.2) is 24.9 Å². The molecule has 0 saturated heterocycles. The highest BCUT2D eigenvalue weighted by Crippen LogP contribution is 2.35. The monoisotopic (exact) mass is 475 g/mol. The summed E-state index contributed by atoms with van der Waals surface area (Å²) in [5.41, 5.74) is 7.00. The number of hydrogen-bond donors (Lipinski definition) is 0. The van der Waals surface area contributed by atoms with Gasteiger partial charge in [0.25, 0.3) is 0 Å². The van der Waals surface area contributed by atoms with Crippen LogP contribution in [0.3, 0.4) is 0 Å². The molecule has 0 spiro atoms. The first-order valence-corrected chi connectivity index (χ1v) is 12.1. The maximum absolute atomic E-state index is 12.0. The van der Waals surface area contributed by atoms with Gasteiger partial charge in [-0.2, -0.15) is 0 Å². The molecule has 0 aromatic heterocycles. The molecular formula is C29H30ClNO3. The summed E-state index contributed by atoms with van der Waals surface area (Å²) in [5, 5.41) is 0.467. The van der Waals surface area contributed by atoms with Crippen molar-refractivity contribution in [3.05, 3.63) is 88.4 Å². The summed E-state index contributed by atoms with van der Waals surface area (Å²) in [6, 6.07) is 22.8. The summed E-state index contributed by atoms with van der Waals surface area (Å²) < 4.78 is 10.7. The van der Waals surface area contributed by atoms with E-state index in [1.165, 1.54) is 29.5 Å². The highest BCUT2D eigenvalue weighted by atomic mass is 35.5. The third kappa shape index (κ3) is 5.34. The van der Waals surface area contributed by atoms with Gasteiger partial charge >= 0.3 is 5.97 Å². The molecule has 2 unspecified atom stereocenters. The van der Waals surface area contributed by atoms with E-state index >= 15 is 0 Å². The molecule has 1 aliphatic rings. The van der Waals surface area contributed by atoms with Crippen molar-refractivity contribution in [1.29, 1.82) is 0 Å². The fourth-order valence-electron chi connectivity index (χ4n) is 4.38. The summed E-state index contributed by atoms with van der Waals surface area (Å²) in [6.07, 6.45) is 2.74. The number of rotatable bonds is 8. The third-order valence-electron chi connectivity index (χ3n) is 6.27. The lowest BCUT2D eigenvalue weighted by atomic mass is 9.98. The molecule has 0 saturated carbocycles. The van der Waals surface area contributed by atoms with Crippen LogP contribution in [-0.2, 0) is 9.53 Å². The van der Waals surface area contributed by atoms with Gasteiger partial charge in [-0.15, -0.1) is 0 Å². The van der Waals surface area contributed by atoms with Crippen molar-refractivity contribution in [1.82, 2.24) is 0 Å². The Kier molecular flexibility index (Phi) is 7.69. The molecule has 5 heteroatoms. The van der Waals surface area contributed by atoms with Crippen molar-refractivity contribution >= 4 is 23.3 Å². The van der Waals surface area contributed by atoms with Gasteiger partial charge in [-0.3, -0.25) is 4.99 Å². The maximum Gasteiger partial charge on any atom is 0.347 e. The van der Waals surface area contributed by atoms with Gasteiger partial charge in [0.2, 0.25) is 0 Å². The lowest BCUT2D eigenvalue weighted by Crippen LogP contribution is -2.28. The first-order valence-electron chi connectivity index (χ1n) is 11.8. The zero-order valence-corrected chi connectivity index (χ0v) is 20.6. The number of benzene rings is 3. The number of hydrogen-bond acceptors (Lipinski definition) is 4. The zero-order valence-electron chi connectivity index (χ0n) is 19.9. The number of carbonyl (C=O) groups excluding carboxylic acids is 1. The van der Waals surface area contributed by atoms with Crippen molar-refractivity contribution in [3.63, 3.8) is 0 Å². The highest BCUT2D eigenvalue weighted by Gasteiger charge is 2.22. The van der Waals surface area contributed by atoms with E-state index in [0.29, 0.717) is 17.2 Å². The molecule has 1 heterocycles. The number of aliphatic imine (C=N–C) groups is 1. The molecular weight excluding hydrogens is 446 g/mol. The van der Waals surface area contributed by atoms with Crippen LogP contribution in [0.1, 0.15) is 55.3 Å². The maximum atomic E-state index is 12.0. The minimum Gasteiger partial charge on any atom is -0.477 e. The SMILES string of the molecule is CCCC(Oc1ccc(-c2ccc(C3CCC(c4ccccc4C)=N3)cc2)cc1Cl)C(=O)OC. The summed E-state index contributed by atoms with van der Waals surface area (Å²) in [5.74, 6) is 0.0904. The molecule has 176 valence electrons. The lowest BCUT2D eigenvalue weighted by molar-refractivity contribution is -0.149. The van der Waals surface area contributed by atoms with E-state index in [-0.39, 0.29) is 6.04 Å². The van der Waals surface area contributed by atoms with Crippen LogP contribution in [0.5, 0.6) is 5.75 Å². The number of nitrogens with zero attached hydrogens (tertiary/aromatic N) is 1. The lowest BCUT2D eigenvalue weighted by Gasteiger charge is -2.17. The Hall–Kier alpha value is -3.11. The predicted molar refractivity (Wildman–Crippen MR) is 138 cm³/mol. The molecule has 1 aliphatic heterocycles. The number of esters is 1. The number of methoxy groups -OCH3 is 1. The van der Waals surface area contributed by atoms with E-state index in [0.717, 1.165) is 30.4 Å². The van der Waals surface area contributed by atoms with E-state index < -0.39 is 12.1 Å². The molecule has 34 heavy (non-hydrogen) atoms. The average molecular weight is 476 g/mol. The van der Waals surface area contributed by atoms with Crippen molar-refractivity contribution in [3.8, 4) is 16.9 Å². The summed E-state index contributed by atoms with van der Waals surface area (Å²) in [7, 11) is 1.36. The van der Waals surface area contributed by atoms with Crippen molar-refractivity contribution in [2.75, 3.05) is 7.11 Å². The highest BCUT2D eigenvalue weighted by molar-refractivity contribution is 6.32. The molecule has 0 aliphatic carbocycles. The van der Waals surface area contributed by atoms with Gasteiger partial charge in [0.15, 0.2) is 6.10 Å². The van der Waals surface area contributed by atoms with Crippen LogP contribution >= 0.6 is 11.6 Å². The molecule has 0 fully saturated rings. The average Bonchev–Trinajstić information content (AvgIpc) is 3.35. The molecule has 3 aromatic rings. The van der Waals surface area contributed by atoms with Gasteiger partial charge in [-0.25, -0.2) is 4.79 Å². The molecule has 0 radical (unpaired) electrons. The van der Waals surface area contributed by atoms with Crippen LogP contribution < -0.4 is 4.74 Å². The van der Waals surface area contributed by atoms with Gasteiger partial charge in [-0.05, 0) is 66.1 Å². The smallest absolute Gasteiger partial charge is 0.347 e. The standard InChI is InChI=1S/C29H30ClNO3/c1-4-7-28(29(32)33-3)34-27-17-14-22(18-24(27)30)20-10-12-21(13-11-20)25-15-16-26(31-25)23-9-6-5-8-19(23)2/h5-6,8-14,17-18,25,28H,4,7,15-16H2,1-3H3. The molecule has 3 aromatic carbocycles. The van der Waals surface area contributed by atoms with Gasteiger partial charge in [0.1, 0.15) is 5.75 Å². The Morgan fingerprint density at radius 1 is 1.09 bits per heavy atom. The minimum absolute atomic E-state index is 0.192. The second kappa shape index (κ2) is 10.9. The van der Waals surface area contributed by atoms with E-state index in [1.54, 1.807) is 0 Å². The normalized spacial score (nSPS) is 16.1. The van der Waals surface area contributed by atoms with Gasteiger partial charge in [0, 0.05) is 5.71 Å². The zero-order chi connectivity index (χ0) is 24.1. The number of halogens is 1. The Morgan fingerprint density at radius 2 is 1.82 bits per heavy atom. The summed E-state index contributed by atoms with van der Waals surface area (Å²) in [4.78, 5) is 17.0. The van der Waals surface area contributed by atoms with Crippen molar-refractivity contribution in [2.24, 2.45) is 4.99 Å². The fraction of sp³-hybridized carbons (Fsp3) is 0.310. The second-order valence-corrected chi connectivity index (χ2v) is 9.04. The molecule has 2 atom stereocenters. The van der Waals surface area contributed by atoms with E-state index in [2.05, 4.69) is 55.5 Å². The van der Waals surface area contributed by atoms with Crippen molar-refractivity contribution < 1.29 is 14.3 Å². The van der Waals surface area contributed by atoms with Crippen molar-refractivity contribution in [2.45, 2.75) is 51.7 Å². The Labute approximate surface area is 206 Å². The molecule has 4 rings (SSSR count). The van der Waals surface area contributed by atoms with Gasteiger partial charge in [0.05, 0.1) is 18.2 Å². The fourth-order valence-corrected chi connectivity index (χ4v) is 4.60. The van der Waals surface area contributed by atoms with Crippen LogP contribution in [0, 0.1) is 6.92 Å². The topological polar surface area (TPSA) is 47.9 Å². The van der Waals surface area contributed by atoms with Crippen LogP contribution in [0.4, 0.5) is 0 Å². The molecule has 0 amide bonds. The van der Waals surface area contributed by atoms with Crippen LogP contribution in [0.2, 0.25) is 5.02 Å². The largest absolute Gasteiger partial charge is 0.477 e. The molecule has 0 bridgehead atoms. The Balaban J connectivity index is 1.48. The first-order chi connectivity index (χ1) is 16.5. The first kappa shape index (κ1) is 24.0. The number of ether oxygens (including phenoxy) is 2. The van der Waals surface area contributed by atoms with Gasteiger partial charge in [-0.1, -0.05) is 79.5 Å². The summed E-state index contributed by atoms with van der Waals surface area (Å²) >= 11 is 6.50. The Bertz CT molecular complexity index is 1190. The van der Waals surface area contributed by atoms with Gasteiger partial charge < -0.3 is 9.47 Å². The second-order valence-electron chi connectivity index (χ2n) is 8.63. The Morgan fingerprint density at radius 3 is 2.50 bits per heavy atom. The minimum atomic E-state index is -0.658. The van der Waals surface area contributed by atoms with Crippen LogP contribution in [0.15, 0.2) is 71.7 Å².